The Labute approximate surface area is 333 Å². The summed E-state index contributed by atoms with van der Waals surface area (Å²) in [5, 5.41) is 14.0. The van der Waals surface area contributed by atoms with Crippen LogP contribution in [-0.4, -0.2) is 106 Å². The Morgan fingerprint density at radius 3 is 1.86 bits per heavy atom. The van der Waals surface area contributed by atoms with Gasteiger partial charge in [0.1, 0.15) is 23.0 Å². The van der Waals surface area contributed by atoms with Gasteiger partial charge in [0.15, 0.2) is 5.78 Å². The summed E-state index contributed by atoms with van der Waals surface area (Å²) in [6.07, 6.45) is -1.60. The van der Waals surface area contributed by atoms with Gasteiger partial charge in [0, 0.05) is 43.1 Å². The number of anilines is 1. The third-order valence-electron chi connectivity index (χ3n) is 7.26. The first kappa shape index (κ1) is 47.7. The first-order chi connectivity index (χ1) is 27.0. The molecule has 18 heteroatoms. The highest BCUT2D eigenvalue weighted by Crippen LogP contribution is 2.16. The Balaban J connectivity index is 1.87. The summed E-state index contributed by atoms with van der Waals surface area (Å²) < 4.78 is 32.3. The molecule has 314 valence electrons. The number of hydrogen-bond acceptors (Lipinski definition) is 12. The molecule has 0 aliphatic heterocycles. The molecule has 2 atom stereocenters. The van der Waals surface area contributed by atoms with Crippen molar-refractivity contribution in [2.45, 2.75) is 90.5 Å². The number of para-hydroxylation sites is 1. The van der Waals surface area contributed by atoms with Gasteiger partial charge in [-0.1, -0.05) is 35.4 Å². The molecule has 2 aromatic carbocycles. The molecule has 0 aromatic heterocycles. The van der Waals surface area contributed by atoms with Crippen LogP contribution in [-0.2, 0) is 39.7 Å². The van der Waals surface area contributed by atoms with Crippen LogP contribution >= 0.6 is 0 Å². The van der Waals surface area contributed by atoms with Gasteiger partial charge in [-0.3, -0.25) is 9.59 Å². The number of nitrogens with one attached hydrogen (secondary N) is 4. The molecule has 18 nitrogen and oxygen atoms in total. The third kappa shape index (κ3) is 23.3. The maximum atomic E-state index is 13.2. The number of alkyl carbamates (subject to hydrolysis) is 2. The van der Waals surface area contributed by atoms with Crippen molar-refractivity contribution in [2.24, 2.45) is 5.11 Å². The number of amides is 4. The molecule has 2 rings (SSSR count). The van der Waals surface area contributed by atoms with Gasteiger partial charge in [-0.2, -0.15) is 0 Å². The molecule has 0 heterocycles. The third-order valence-corrected chi connectivity index (χ3v) is 7.26. The number of ketones is 1. The van der Waals surface area contributed by atoms with Crippen LogP contribution in [0.2, 0.25) is 0 Å². The second-order valence-corrected chi connectivity index (χ2v) is 14.6. The Hall–Kier alpha value is -5.42. The molecule has 2 aromatic rings. The van der Waals surface area contributed by atoms with Crippen molar-refractivity contribution in [3.63, 3.8) is 0 Å². The number of hydrogen-bond donors (Lipinski definition) is 4. The molecule has 0 fully saturated rings. The van der Waals surface area contributed by atoms with E-state index < -0.39 is 47.5 Å². The monoisotopic (exact) mass is 799 g/mol. The molecular formula is C39H57N7O11. The van der Waals surface area contributed by atoms with E-state index in [0.29, 0.717) is 57.3 Å². The average molecular weight is 800 g/mol. The topological polar surface area (TPSA) is 238 Å². The molecule has 0 aliphatic carbocycles. The number of carbonyl (C=O) groups excluding carboxylic acids is 5. The van der Waals surface area contributed by atoms with Crippen molar-refractivity contribution in [3.8, 4) is 5.75 Å². The maximum absolute atomic E-state index is 13.2. The van der Waals surface area contributed by atoms with Gasteiger partial charge in [-0.15, -0.1) is 0 Å². The number of azide groups is 1. The number of ether oxygens (including phenoxy) is 6. The maximum Gasteiger partial charge on any atom is 0.412 e. The minimum Gasteiger partial charge on any atom is -0.444 e. The summed E-state index contributed by atoms with van der Waals surface area (Å²) in [7, 11) is 0. The van der Waals surface area contributed by atoms with Crippen LogP contribution in [0.4, 0.5) is 20.1 Å². The van der Waals surface area contributed by atoms with Crippen LogP contribution in [0.1, 0.15) is 66.4 Å². The largest absolute Gasteiger partial charge is 0.444 e. The molecule has 0 saturated heterocycles. The molecule has 4 N–H and O–H groups in total. The van der Waals surface area contributed by atoms with Gasteiger partial charge in [0.05, 0.1) is 39.1 Å². The van der Waals surface area contributed by atoms with Gasteiger partial charge in [0.2, 0.25) is 5.91 Å². The van der Waals surface area contributed by atoms with Crippen molar-refractivity contribution >= 4 is 35.7 Å². The second kappa shape index (κ2) is 25.7. The molecule has 0 aliphatic rings. The highest BCUT2D eigenvalue weighted by Gasteiger charge is 2.26. The standard InChI is InChI=1S/C39H57N7O11/c1-38(2,3)56-36(50)44-31(33(47)13-10-21-52-23-25-54-26-24-53-22-20-42-46-40)18-19-41-35(49)55-30-16-14-28(15-17-30)27-32(45-37(51)57-39(4,5)6)34(48)43-29-11-8-7-9-12-29/h7-9,11-12,14-17,31-32H,10,13,18-27H2,1-6H3,(H,41,49)(H,43,48)(H,44,50)(H,45,51)/t31-,32-/m0/s1. The molecule has 0 spiro atoms. The second-order valence-electron chi connectivity index (χ2n) is 14.6. The first-order valence-electron chi connectivity index (χ1n) is 18.7. The van der Waals surface area contributed by atoms with E-state index in [1.807, 2.05) is 6.07 Å². The van der Waals surface area contributed by atoms with Gasteiger partial charge < -0.3 is 49.7 Å². The summed E-state index contributed by atoms with van der Waals surface area (Å²) >= 11 is 0. The van der Waals surface area contributed by atoms with Crippen LogP contribution < -0.4 is 26.0 Å². The Morgan fingerprint density at radius 1 is 0.719 bits per heavy atom. The predicted molar refractivity (Wildman–Crippen MR) is 211 cm³/mol. The summed E-state index contributed by atoms with van der Waals surface area (Å²) in [5.74, 6) is -0.498. The summed E-state index contributed by atoms with van der Waals surface area (Å²) in [6, 6.07) is 13.3. The summed E-state index contributed by atoms with van der Waals surface area (Å²) in [4.78, 5) is 66.6. The highest BCUT2D eigenvalue weighted by molar-refractivity contribution is 5.96. The van der Waals surface area contributed by atoms with Gasteiger partial charge in [-0.25, -0.2) is 14.4 Å². The van der Waals surface area contributed by atoms with Crippen molar-refractivity contribution in [3.05, 3.63) is 70.6 Å². The molecule has 0 saturated carbocycles. The zero-order valence-corrected chi connectivity index (χ0v) is 33.7. The van der Waals surface area contributed by atoms with E-state index in [9.17, 15) is 24.0 Å². The quantitative estimate of drug-likeness (QED) is 0.0426. The number of carbonyl (C=O) groups is 5. The van der Waals surface area contributed by atoms with Crippen molar-refractivity contribution in [2.75, 3.05) is 58.0 Å². The molecule has 0 radical (unpaired) electrons. The average Bonchev–Trinajstić information content (AvgIpc) is 3.12. The van der Waals surface area contributed by atoms with E-state index in [1.54, 1.807) is 90.1 Å². The summed E-state index contributed by atoms with van der Waals surface area (Å²) in [6.45, 7) is 12.5. The molecule has 4 amide bonds. The molecule has 57 heavy (non-hydrogen) atoms. The first-order valence-corrected chi connectivity index (χ1v) is 18.7. The minimum atomic E-state index is -0.979. The van der Waals surface area contributed by atoms with E-state index in [1.165, 1.54) is 0 Å². The van der Waals surface area contributed by atoms with Crippen LogP contribution in [0.25, 0.3) is 10.4 Å². The number of benzene rings is 2. The van der Waals surface area contributed by atoms with Gasteiger partial charge in [-0.05, 0) is 89.7 Å². The number of nitrogens with zero attached hydrogens (tertiary/aromatic N) is 3. The minimum absolute atomic E-state index is 0.000746. The van der Waals surface area contributed by atoms with Crippen molar-refractivity contribution in [1.82, 2.24) is 16.0 Å². The fourth-order valence-electron chi connectivity index (χ4n) is 4.78. The number of rotatable bonds is 24. The van der Waals surface area contributed by atoms with Crippen molar-refractivity contribution < 1.29 is 52.4 Å². The van der Waals surface area contributed by atoms with Crippen LogP contribution in [0.15, 0.2) is 59.7 Å². The van der Waals surface area contributed by atoms with E-state index in [-0.39, 0.29) is 43.9 Å². The van der Waals surface area contributed by atoms with Gasteiger partial charge >= 0.3 is 18.3 Å². The highest BCUT2D eigenvalue weighted by atomic mass is 16.6. The lowest BCUT2D eigenvalue weighted by Crippen LogP contribution is -2.47. The lowest BCUT2D eigenvalue weighted by atomic mass is 10.0. The molecule has 0 unspecified atom stereocenters. The summed E-state index contributed by atoms with van der Waals surface area (Å²) in [5.41, 5.74) is 7.91. The van der Waals surface area contributed by atoms with Crippen molar-refractivity contribution in [1.29, 1.82) is 0 Å². The van der Waals surface area contributed by atoms with Crippen LogP contribution in [0.5, 0.6) is 5.75 Å². The van der Waals surface area contributed by atoms with E-state index in [4.69, 9.17) is 34.0 Å². The lowest BCUT2D eigenvalue weighted by molar-refractivity contribution is -0.121. The zero-order valence-electron chi connectivity index (χ0n) is 33.7. The Morgan fingerprint density at radius 2 is 1.28 bits per heavy atom. The fourth-order valence-corrected chi connectivity index (χ4v) is 4.78. The zero-order chi connectivity index (χ0) is 42.1. The lowest BCUT2D eigenvalue weighted by Gasteiger charge is -2.23. The Bertz CT molecular complexity index is 1590. The predicted octanol–water partition coefficient (Wildman–Crippen LogP) is 5.84. The van der Waals surface area contributed by atoms with Crippen LogP contribution in [0.3, 0.4) is 0 Å². The fraction of sp³-hybridized carbons (Fsp3) is 0.564. The SMILES string of the molecule is CC(C)(C)OC(=O)N[C@@H](CCNC(=O)Oc1ccc(C[C@H](NC(=O)OC(C)(C)C)C(=O)Nc2ccccc2)cc1)C(=O)CCCOCCOCCOCCN=[N+]=[N-]. The van der Waals surface area contributed by atoms with Gasteiger partial charge in [0.25, 0.3) is 0 Å². The van der Waals surface area contributed by atoms with Crippen LogP contribution in [0, 0.1) is 0 Å². The van der Waals surface area contributed by atoms with E-state index >= 15 is 0 Å². The number of Topliss-reactive ketones (excluding diaryl/α,β-unsaturated/α-hetero) is 1. The van der Waals surface area contributed by atoms with E-state index in [2.05, 4.69) is 31.3 Å². The smallest absolute Gasteiger partial charge is 0.412 e. The van der Waals surface area contributed by atoms with E-state index in [0.717, 1.165) is 0 Å². The Kier molecular flexibility index (Phi) is 21.5. The normalized spacial score (nSPS) is 12.2. The molecular weight excluding hydrogens is 742 g/mol. The molecule has 0 bridgehead atoms.